The number of imidazole rings is 1. The summed E-state index contributed by atoms with van der Waals surface area (Å²) in [6.07, 6.45) is 3.85. The van der Waals surface area contributed by atoms with E-state index in [-0.39, 0.29) is 35.8 Å². The average Bonchev–Trinajstić information content (AvgIpc) is 3.34. The van der Waals surface area contributed by atoms with Crippen molar-refractivity contribution in [3.63, 3.8) is 0 Å². The van der Waals surface area contributed by atoms with E-state index in [1.54, 1.807) is 24.5 Å². The zero-order chi connectivity index (χ0) is 27.4. The predicted octanol–water partition coefficient (Wildman–Crippen LogP) is 2.34. The lowest BCUT2D eigenvalue weighted by Crippen LogP contribution is -2.39. The molecule has 0 radical (unpaired) electrons. The molecule has 38 heavy (non-hydrogen) atoms. The van der Waals surface area contributed by atoms with Gasteiger partial charge in [-0.05, 0) is 57.7 Å². The number of morpholine rings is 1. The number of amides is 3. The smallest absolute Gasteiger partial charge is 0.272 e. The maximum atomic E-state index is 13.1. The van der Waals surface area contributed by atoms with Crippen LogP contribution in [-0.4, -0.2) is 70.8 Å². The number of aliphatic hydroxyl groups is 1. The Morgan fingerprint density at radius 2 is 1.87 bits per heavy atom. The van der Waals surface area contributed by atoms with Gasteiger partial charge in [0, 0.05) is 37.3 Å². The average molecular weight is 547 g/mol. The normalized spacial score (nSPS) is 20.2. The van der Waals surface area contributed by atoms with Crippen LogP contribution in [0, 0.1) is 5.92 Å². The molecule has 0 spiro atoms. The largest absolute Gasteiger partial charge is 0.389 e. The van der Waals surface area contributed by atoms with E-state index in [1.165, 1.54) is 6.33 Å². The van der Waals surface area contributed by atoms with Crippen LogP contribution in [0.3, 0.4) is 0 Å². The van der Waals surface area contributed by atoms with Gasteiger partial charge in [0.05, 0.1) is 35.9 Å². The molecule has 1 saturated heterocycles. The molecule has 1 saturated carbocycles. The number of hydrogen-bond acceptors (Lipinski definition) is 7. The molecule has 3 amide bonds. The van der Waals surface area contributed by atoms with E-state index in [0.717, 1.165) is 18.8 Å². The summed E-state index contributed by atoms with van der Waals surface area (Å²) in [6.45, 7) is 6.00. The molecule has 206 valence electrons. The van der Waals surface area contributed by atoms with Gasteiger partial charge in [-0.1, -0.05) is 11.6 Å². The van der Waals surface area contributed by atoms with Gasteiger partial charge in [-0.25, -0.2) is 4.98 Å². The maximum absolute atomic E-state index is 13.1. The second-order valence-corrected chi connectivity index (χ2v) is 10.9. The maximum Gasteiger partial charge on any atom is 0.272 e. The fraction of sp³-hybridized carbons (Fsp3) is 0.538. The van der Waals surface area contributed by atoms with Crippen molar-refractivity contribution in [3.05, 3.63) is 40.9 Å². The Morgan fingerprint density at radius 1 is 1.18 bits per heavy atom. The molecule has 0 unspecified atom stereocenters. The predicted molar refractivity (Wildman–Crippen MR) is 143 cm³/mol. The van der Waals surface area contributed by atoms with Gasteiger partial charge in [0.2, 0.25) is 5.91 Å². The molecule has 1 aliphatic heterocycles. The summed E-state index contributed by atoms with van der Waals surface area (Å²) in [5, 5.41) is 15.9. The highest BCUT2D eigenvalue weighted by molar-refractivity contribution is 6.33. The molecule has 2 aromatic rings. The standard InChI is InChI=1S/C26H35ClN6O5/c1-26(2,37)14-29-25(36)21-22(23(28)34)33(15-30-21)17-5-3-16(4-6-17)24(35)31-20-13-18(7-8-19(20)27)32-9-11-38-12-10-32/h7-8,13,15-17,37H,3-6,9-12,14H2,1-2H3,(H2,28,34)(H,29,36)(H,31,35)/t16-,17-. The third-order valence-electron chi connectivity index (χ3n) is 6.97. The minimum absolute atomic E-state index is 0.00349. The van der Waals surface area contributed by atoms with Gasteiger partial charge in [-0.3, -0.25) is 14.4 Å². The lowest BCUT2D eigenvalue weighted by Gasteiger charge is -2.30. The number of nitrogens with zero attached hydrogens (tertiary/aromatic N) is 3. The van der Waals surface area contributed by atoms with Crippen molar-refractivity contribution in [1.82, 2.24) is 14.9 Å². The van der Waals surface area contributed by atoms with Crippen LogP contribution < -0.4 is 21.3 Å². The highest BCUT2D eigenvalue weighted by atomic mass is 35.5. The van der Waals surface area contributed by atoms with Gasteiger partial charge in [-0.15, -0.1) is 0 Å². The Hall–Kier alpha value is -3.15. The Kier molecular flexibility index (Phi) is 8.59. The van der Waals surface area contributed by atoms with E-state index < -0.39 is 17.4 Å². The van der Waals surface area contributed by atoms with Crippen molar-refractivity contribution >= 4 is 40.7 Å². The zero-order valence-electron chi connectivity index (χ0n) is 21.7. The molecule has 1 aromatic heterocycles. The molecule has 1 aliphatic carbocycles. The van der Waals surface area contributed by atoms with E-state index in [0.29, 0.717) is 49.6 Å². The van der Waals surface area contributed by atoms with E-state index in [2.05, 4.69) is 20.5 Å². The molecule has 0 bridgehead atoms. The van der Waals surface area contributed by atoms with E-state index >= 15 is 0 Å². The van der Waals surface area contributed by atoms with Crippen molar-refractivity contribution in [1.29, 1.82) is 0 Å². The summed E-state index contributed by atoms with van der Waals surface area (Å²) >= 11 is 6.39. The number of rotatable bonds is 8. The topological polar surface area (TPSA) is 152 Å². The summed E-state index contributed by atoms with van der Waals surface area (Å²) in [5.74, 6) is -1.66. The van der Waals surface area contributed by atoms with Crippen LogP contribution in [0.2, 0.25) is 5.02 Å². The van der Waals surface area contributed by atoms with Crippen molar-refractivity contribution < 1.29 is 24.2 Å². The number of nitrogens with one attached hydrogen (secondary N) is 2. The first-order valence-corrected chi connectivity index (χ1v) is 13.2. The monoisotopic (exact) mass is 546 g/mol. The number of carbonyl (C=O) groups excluding carboxylic acids is 3. The van der Waals surface area contributed by atoms with Crippen LogP contribution in [0.15, 0.2) is 24.5 Å². The summed E-state index contributed by atoms with van der Waals surface area (Å²) in [6, 6.07) is 5.50. The van der Waals surface area contributed by atoms with E-state index in [4.69, 9.17) is 22.1 Å². The third-order valence-corrected chi connectivity index (χ3v) is 7.30. The van der Waals surface area contributed by atoms with Crippen LogP contribution >= 0.6 is 11.6 Å². The first-order valence-electron chi connectivity index (χ1n) is 12.8. The van der Waals surface area contributed by atoms with Crippen molar-refractivity contribution in [2.45, 2.75) is 51.2 Å². The molecule has 12 heteroatoms. The summed E-state index contributed by atoms with van der Waals surface area (Å²) < 4.78 is 7.06. The first-order chi connectivity index (χ1) is 18.0. The van der Waals surface area contributed by atoms with Crippen molar-refractivity contribution in [2.24, 2.45) is 11.7 Å². The SMILES string of the molecule is CC(C)(O)CNC(=O)c1ncn([C@H]2CC[C@H](C(=O)Nc3cc(N4CCOCC4)ccc3Cl)CC2)c1C(N)=O. The van der Waals surface area contributed by atoms with Gasteiger partial charge < -0.3 is 35.7 Å². The molecule has 2 fully saturated rings. The van der Waals surface area contributed by atoms with Gasteiger partial charge in [0.1, 0.15) is 5.69 Å². The fourth-order valence-corrected chi connectivity index (χ4v) is 5.07. The second kappa shape index (κ2) is 11.7. The summed E-state index contributed by atoms with van der Waals surface area (Å²) in [5.41, 5.74) is 6.02. The Bertz CT molecular complexity index is 1180. The summed E-state index contributed by atoms with van der Waals surface area (Å²) in [7, 11) is 0. The van der Waals surface area contributed by atoms with Crippen LogP contribution in [0.1, 0.15) is 66.5 Å². The number of anilines is 2. The van der Waals surface area contributed by atoms with Crippen LogP contribution in [0.4, 0.5) is 11.4 Å². The fourth-order valence-electron chi connectivity index (χ4n) is 4.91. The number of ether oxygens (including phenoxy) is 1. The molecular weight excluding hydrogens is 512 g/mol. The van der Waals surface area contributed by atoms with Gasteiger partial charge in [-0.2, -0.15) is 0 Å². The number of aromatic nitrogens is 2. The minimum Gasteiger partial charge on any atom is -0.389 e. The molecule has 2 aliphatic rings. The van der Waals surface area contributed by atoms with Gasteiger partial charge in [0.25, 0.3) is 11.8 Å². The highest BCUT2D eigenvalue weighted by Gasteiger charge is 2.32. The Balaban J connectivity index is 1.39. The number of primary amides is 1. The van der Waals surface area contributed by atoms with Crippen molar-refractivity contribution in [2.75, 3.05) is 43.1 Å². The Morgan fingerprint density at radius 3 is 2.50 bits per heavy atom. The Labute approximate surface area is 226 Å². The lowest BCUT2D eigenvalue weighted by molar-refractivity contribution is -0.121. The first kappa shape index (κ1) is 27.9. The molecule has 4 rings (SSSR count). The van der Waals surface area contributed by atoms with Gasteiger partial charge >= 0.3 is 0 Å². The summed E-state index contributed by atoms with van der Waals surface area (Å²) in [4.78, 5) is 44.3. The number of hydrogen-bond donors (Lipinski definition) is 4. The molecule has 2 heterocycles. The van der Waals surface area contributed by atoms with E-state index in [1.807, 2.05) is 12.1 Å². The lowest BCUT2D eigenvalue weighted by atomic mass is 9.85. The highest BCUT2D eigenvalue weighted by Crippen LogP contribution is 2.35. The van der Waals surface area contributed by atoms with Crippen molar-refractivity contribution in [3.8, 4) is 0 Å². The zero-order valence-corrected chi connectivity index (χ0v) is 22.5. The minimum atomic E-state index is -1.11. The number of halogens is 1. The van der Waals surface area contributed by atoms with E-state index in [9.17, 15) is 19.5 Å². The molecule has 0 atom stereocenters. The quantitative estimate of drug-likeness (QED) is 0.396. The van der Waals surface area contributed by atoms with Crippen LogP contribution in [0.25, 0.3) is 0 Å². The second-order valence-electron chi connectivity index (χ2n) is 10.5. The molecule has 11 nitrogen and oxygen atoms in total. The van der Waals surface area contributed by atoms with Gasteiger partial charge in [0.15, 0.2) is 5.69 Å². The molecular formula is C26H35ClN6O5. The number of benzene rings is 1. The molecule has 1 aromatic carbocycles. The van der Waals surface area contributed by atoms with Crippen LogP contribution in [0.5, 0.6) is 0 Å². The number of carbonyl (C=O) groups is 3. The van der Waals surface area contributed by atoms with Crippen LogP contribution in [-0.2, 0) is 9.53 Å². The third kappa shape index (κ3) is 6.64. The number of nitrogens with two attached hydrogens (primary N) is 1. The molecule has 5 N–H and O–H groups in total.